The number of fused-ring (bicyclic) bond motifs is 1. The molecule has 3 aromatic rings. The predicted octanol–water partition coefficient (Wildman–Crippen LogP) is 5.19. The van der Waals surface area contributed by atoms with E-state index in [0.29, 0.717) is 17.0 Å². The van der Waals surface area contributed by atoms with Gasteiger partial charge in [-0.2, -0.15) is 0 Å². The van der Waals surface area contributed by atoms with E-state index in [4.69, 9.17) is 33.4 Å². The van der Waals surface area contributed by atoms with Crippen LogP contribution in [-0.4, -0.2) is 5.91 Å². The van der Waals surface area contributed by atoms with Gasteiger partial charge in [0.2, 0.25) is 0 Å². The Morgan fingerprint density at radius 2 is 1.91 bits per heavy atom. The third-order valence-corrected chi connectivity index (χ3v) is 4.52. The number of aryl methyl sites for hydroxylation is 2. The van der Waals surface area contributed by atoms with E-state index >= 15 is 0 Å². The molecular weight excluding hydrogens is 335 g/mol. The van der Waals surface area contributed by atoms with Gasteiger partial charge in [-0.15, -0.1) is 0 Å². The van der Waals surface area contributed by atoms with E-state index < -0.39 is 5.91 Å². The SMILES string of the molecule is Cc1oc2c(NC(=O)c3c(Cl)ccc(N)c3Cl)cccc2c1C. The van der Waals surface area contributed by atoms with Crippen molar-refractivity contribution in [2.75, 3.05) is 11.1 Å². The summed E-state index contributed by atoms with van der Waals surface area (Å²) in [5, 5.41) is 4.11. The smallest absolute Gasteiger partial charge is 0.258 e. The van der Waals surface area contributed by atoms with E-state index in [1.54, 1.807) is 18.2 Å². The summed E-state index contributed by atoms with van der Waals surface area (Å²) in [6, 6.07) is 8.65. The fourth-order valence-electron chi connectivity index (χ4n) is 2.42. The van der Waals surface area contributed by atoms with Gasteiger partial charge in [-0.25, -0.2) is 0 Å². The number of hydrogen-bond acceptors (Lipinski definition) is 3. The summed E-state index contributed by atoms with van der Waals surface area (Å²) in [5.74, 6) is 0.369. The van der Waals surface area contributed by atoms with Crippen LogP contribution in [0.4, 0.5) is 11.4 Å². The molecule has 0 unspecified atom stereocenters. The Morgan fingerprint density at radius 3 is 2.65 bits per heavy atom. The molecule has 0 atom stereocenters. The van der Waals surface area contributed by atoms with E-state index in [2.05, 4.69) is 5.32 Å². The number of nitrogen functional groups attached to an aromatic ring is 1. The molecule has 23 heavy (non-hydrogen) atoms. The zero-order chi connectivity index (χ0) is 16.7. The van der Waals surface area contributed by atoms with E-state index in [9.17, 15) is 4.79 Å². The summed E-state index contributed by atoms with van der Waals surface area (Å²) in [4.78, 5) is 12.6. The lowest BCUT2D eigenvalue weighted by atomic mass is 10.1. The van der Waals surface area contributed by atoms with Gasteiger partial charge >= 0.3 is 0 Å². The van der Waals surface area contributed by atoms with Crippen LogP contribution >= 0.6 is 23.2 Å². The summed E-state index contributed by atoms with van der Waals surface area (Å²) in [6.45, 7) is 3.85. The lowest BCUT2D eigenvalue weighted by Crippen LogP contribution is -2.14. The first kappa shape index (κ1) is 15.7. The van der Waals surface area contributed by atoms with Crippen LogP contribution in [0.3, 0.4) is 0 Å². The largest absolute Gasteiger partial charge is 0.459 e. The molecule has 118 valence electrons. The molecule has 4 nitrogen and oxygen atoms in total. The fourth-order valence-corrected chi connectivity index (χ4v) is 2.96. The van der Waals surface area contributed by atoms with Crippen LogP contribution < -0.4 is 11.1 Å². The Balaban J connectivity index is 2.05. The summed E-state index contributed by atoms with van der Waals surface area (Å²) in [7, 11) is 0. The zero-order valence-electron chi connectivity index (χ0n) is 12.5. The maximum atomic E-state index is 12.6. The second-order valence-corrected chi connectivity index (χ2v) is 6.03. The van der Waals surface area contributed by atoms with E-state index in [1.807, 2.05) is 26.0 Å². The highest BCUT2D eigenvalue weighted by molar-refractivity contribution is 6.42. The van der Waals surface area contributed by atoms with Crippen molar-refractivity contribution < 1.29 is 9.21 Å². The zero-order valence-corrected chi connectivity index (χ0v) is 14.0. The normalized spacial score (nSPS) is 11.0. The molecule has 2 aromatic carbocycles. The minimum absolute atomic E-state index is 0.133. The number of hydrogen-bond donors (Lipinski definition) is 2. The molecule has 0 saturated heterocycles. The third kappa shape index (κ3) is 2.64. The van der Waals surface area contributed by atoms with Crippen LogP contribution in [0.2, 0.25) is 10.0 Å². The van der Waals surface area contributed by atoms with Crippen LogP contribution in [0.25, 0.3) is 11.0 Å². The van der Waals surface area contributed by atoms with Crippen molar-refractivity contribution in [1.29, 1.82) is 0 Å². The van der Waals surface area contributed by atoms with Gasteiger partial charge in [0.15, 0.2) is 5.58 Å². The van der Waals surface area contributed by atoms with Gasteiger partial charge in [0.1, 0.15) is 5.76 Å². The number of carbonyl (C=O) groups is 1. The summed E-state index contributed by atoms with van der Waals surface area (Å²) < 4.78 is 5.75. The molecule has 0 radical (unpaired) electrons. The van der Waals surface area contributed by atoms with Gasteiger partial charge in [-0.05, 0) is 37.6 Å². The van der Waals surface area contributed by atoms with Gasteiger partial charge in [0.25, 0.3) is 5.91 Å². The maximum Gasteiger partial charge on any atom is 0.258 e. The molecule has 3 N–H and O–H groups in total. The van der Waals surface area contributed by atoms with Crippen molar-refractivity contribution in [2.24, 2.45) is 0 Å². The second kappa shape index (κ2) is 5.80. The number of nitrogens with one attached hydrogen (secondary N) is 1. The molecule has 1 amide bonds. The summed E-state index contributed by atoms with van der Waals surface area (Å²) in [6.07, 6.45) is 0. The van der Waals surface area contributed by atoms with Crippen molar-refractivity contribution >= 4 is 51.5 Å². The Hall–Kier alpha value is -2.17. The number of carbonyl (C=O) groups excluding carboxylic acids is 1. The van der Waals surface area contributed by atoms with Gasteiger partial charge in [0, 0.05) is 5.39 Å². The van der Waals surface area contributed by atoms with Gasteiger partial charge < -0.3 is 15.5 Å². The average Bonchev–Trinajstić information content (AvgIpc) is 2.80. The molecular formula is C17H14Cl2N2O2. The van der Waals surface area contributed by atoms with Crippen molar-refractivity contribution in [2.45, 2.75) is 13.8 Å². The molecule has 0 aliphatic rings. The van der Waals surface area contributed by atoms with Crippen molar-refractivity contribution in [3.05, 3.63) is 57.3 Å². The first-order valence-corrected chi connectivity index (χ1v) is 7.69. The molecule has 6 heteroatoms. The van der Waals surface area contributed by atoms with Crippen LogP contribution in [0, 0.1) is 13.8 Å². The summed E-state index contributed by atoms with van der Waals surface area (Å²) >= 11 is 12.2. The highest BCUT2D eigenvalue weighted by Crippen LogP contribution is 2.33. The number of para-hydroxylation sites is 1. The molecule has 0 bridgehead atoms. The average molecular weight is 349 g/mol. The standard InChI is InChI=1S/C17H14Cl2N2O2/c1-8-9(2)23-16-10(8)4-3-5-13(16)21-17(22)14-11(18)6-7-12(20)15(14)19/h3-7H,20H2,1-2H3,(H,21,22). The molecule has 1 heterocycles. The maximum absolute atomic E-state index is 12.6. The van der Waals surface area contributed by atoms with Crippen LogP contribution in [-0.2, 0) is 0 Å². The Bertz CT molecular complexity index is 932. The first-order chi connectivity index (χ1) is 10.9. The van der Waals surface area contributed by atoms with Crippen LogP contribution in [0.15, 0.2) is 34.7 Å². The van der Waals surface area contributed by atoms with Crippen molar-refractivity contribution in [3.63, 3.8) is 0 Å². The van der Waals surface area contributed by atoms with E-state index in [0.717, 1.165) is 16.7 Å². The summed E-state index contributed by atoms with van der Waals surface area (Å²) in [5.41, 5.74) is 8.39. The number of nitrogens with two attached hydrogens (primary N) is 1. The molecule has 0 spiro atoms. The van der Waals surface area contributed by atoms with Gasteiger partial charge in [0.05, 0.1) is 27.0 Å². The van der Waals surface area contributed by atoms with Gasteiger partial charge in [-0.3, -0.25) is 4.79 Å². The molecule has 0 aliphatic carbocycles. The Kier molecular flexibility index (Phi) is 3.96. The molecule has 1 aromatic heterocycles. The number of halogens is 2. The quantitative estimate of drug-likeness (QED) is 0.626. The van der Waals surface area contributed by atoms with Crippen LogP contribution in [0.5, 0.6) is 0 Å². The molecule has 0 saturated carbocycles. The highest BCUT2D eigenvalue weighted by atomic mass is 35.5. The Labute approximate surface area is 143 Å². The monoisotopic (exact) mass is 348 g/mol. The minimum Gasteiger partial charge on any atom is -0.459 e. The third-order valence-electron chi connectivity index (χ3n) is 3.80. The molecule has 3 rings (SSSR count). The van der Waals surface area contributed by atoms with Gasteiger partial charge in [-0.1, -0.05) is 35.3 Å². The lowest BCUT2D eigenvalue weighted by molar-refractivity contribution is 0.102. The van der Waals surface area contributed by atoms with Crippen LogP contribution in [0.1, 0.15) is 21.7 Å². The fraction of sp³-hybridized carbons (Fsp3) is 0.118. The number of rotatable bonds is 2. The first-order valence-electron chi connectivity index (χ1n) is 6.93. The number of benzene rings is 2. The number of amides is 1. The molecule has 0 aliphatic heterocycles. The molecule has 0 fully saturated rings. The van der Waals surface area contributed by atoms with E-state index in [-0.39, 0.29) is 15.6 Å². The lowest BCUT2D eigenvalue weighted by Gasteiger charge is -2.10. The topological polar surface area (TPSA) is 68.3 Å². The Morgan fingerprint density at radius 1 is 1.17 bits per heavy atom. The number of furan rings is 1. The predicted molar refractivity (Wildman–Crippen MR) is 94.5 cm³/mol. The van der Waals surface area contributed by atoms with Crippen molar-refractivity contribution in [3.8, 4) is 0 Å². The second-order valence-electron chi connectivity index (χ2n) is 5.25. The minimum atomic E-state index is -0.438. The van der Waals surface area contributed by atoms with E-state index in [1.165, 1.54) is 0 Å². The number of anilines is 2. The highest BCUT2D eigenvalue weighted by Gasteiger charge is 2.19. The van der Waals surface area contributed by atoms with Crippen molar-refractivity contribution in [1.82, 2.24) is 0 Å².